The molecule has 0 unspecified atom stereocenters. The van der Waals surface area contributed by atoms with Crippen molar-refractivity contribution in [1.82, 2.24) is 10.2 Å². The molecule has 0 radical (unpaired) electrons. The topological polar surface area (TPSA) is 99.1 Å². The number of nitrogens with one attached hydrogen (secondary N) is 1. The van der Waals surface area contributed by atoms with Gasteiger partial charge >= 0.3 is 0 Å². The van der Waals surface area contributed by atoms with Crippen molar-refractivity contribution in [2.24, 2.45) is 0 Å². The zero-order valence-electron chi connectivity index (χ0n) is 17.6. The molecule has 0 atom stereocenters. The summed E-state index contributed by atoms with van der Waals surface area (Å²) < 4.78 is 5.83. The third-order valence-electron chi connectivity index (χ3n) is 5.56. The number of phenols is 2. The third-order valence-corrected chi connectivity index (χ3v) is 5.56. The first kappa shape index (κ1) is 21.5. The minimum atomic E-state index is -0.361. The standard InChI is InChI=1S/C23H28N2O5/c1-14-4-5-15(2)22(16(14)3)30-13-21(28)25-8-6-18(7-9-25)24-23(29)17-10-19(26)12-20(27)11-17/h4-5,10-12,18,26-27H,6-9,13H2,1-3H3,(H,24,29). The van der Waals surface area contributed by atoms with Gasteiger partial charge < -0.3 is 25.2 Å². The van der Waals surface area contributed by atoms with E-state index in [-0.39, 0.29) is 41.5 Å². The van der Waals surface area contributed by atoms with Gasteiger partial charge in [-0.15, -0.1) is 0 Å². The van der Waals surface area contributed by atoms with Gasteiger partial charge in [-0.1, -0.05) is 12.1 Å². The first-order valence-corrected chi connectivity index (χ1v) is 10.1. The van der Waals surface area contributed by atoms with Gasteiger partial charge in [-0.25, -0.2) is 0 Å². The van der Waals surface area contributed by atoms with Crippen LogP contribution in [0.5, 0.6) is 17.2 Å². The first-order chi connectivity index (χ1) is 14.2. The lowest BCUT2D eigenvalue weighted by Crippen LogP contribution is -2.47. The highest BCUT2D eigenvalue weighted by Crippen LogP contribution is 2.26. The van der Waals surface area contributed by atoms with E-state index in [1.54, 1.807) is 4.90 Å². The van der Waals surface area contributed by atoms with E-state index < -0.39 is 0 Å². The Morgan fingerprint density at radius 1 is 1.03 bits per heavy atom. The Balaban J connectivity index is 1.50. The van der Waals surface area contributed by atoms with Crippen LogP contribution in [0.25, 0.3) is 0 Å². The van der Waals surface area contributed by atoms with Crippen molar-refractivity contribution in [3.8, 4) is 17.2 Å². The summed E-state index contributed by atoms with van der Waals surface area (Å²) in [6.45, 7) is 7.02. The number of likely N-dealkylation sites (tertiary alicyclic amines) is 1. The van der Waals surface area contributed by atoms with Crippen LogP contribution in [0.1, 0.15) is 39.9 Å². The average Bonchev–Trinajstić information content (AvgIpc) is 2.70. The van der Waals surface area contributed by atoms with Crippen LogP contribution in [0.15, 0.2) is 30.3 Å². The molecule has 7 heteroatoms. The number of carbonyl (C=O) groups excluding carboxylic acids is 2. The van der Waals surface area contributed by atoms with Crippen LogP contribution in [-0.2, 0) is 4.79 Å². The number of hydrogen-bond acceptors (Lipinski definition) is 5. The number of amides is 2. The van der Waals surface area contributed by atoms with E-state index in [0.717, 1.165) is 22.4 Å². The van der Waals surface area contributed by atoms with Gasteiger partial charge in [0.2, 0.25) is 0 Å². The Kier molecular flexibility index (Phi) is 6.50. The highest BCUT2D eigenvalue weighted by atomic mass is 16.5. The molecule has 3 N–H and O–H groups in total. The van der Waals surface area contributed by atoms with Gasteiger partial charge in [-0.3, -0.25) is 9.59 Å². The Bertz CT molecular complexity index is 929. The summed E-state index contributed by atoms with van der Waals surface area (Å²) in [6, 6.07) is 7.73. The van der Waals surface area contributed by atoms with E-state index in [1.807, 2.05) is 32.9 Å². The minimum absolute atomic E-state index is 0.00920. The van der Waals surface area contributed by atoms with Crippen molar-refractivity contribution in [2.45, 2.75) is 39.7 Å². The van der Waals surface area contributed by atoms with Crippen molar-refractivity contribution < 1.29 is 24.5 Å². The average molecular weight is 412 g/mol. The number of nitrogens with zero attached hydrogens (tertiary/aromatic N) is 1. The molecule has 1 fully saturated rings. The number of ether oxygens (including phenoxy) is 1. The molecule has 160 valence electrons. The van der Waals surface area contributed by atoms with Crippen LogP contribution < -0.4 is 10.1 Å². The fourth-order valence-electron chi connectivity index (χ4n) is 3.64. The van der Waals surface area contributed by atoms with Gasteiger partial charge in [0.05, 0.1) is 0 Å². The maximum absolute atomic E-state index is 12.6. The van der Waals surface area contributed by atoms with Crippen LogP contribution in [0.4, 0.5) is 0 Å². The van der Waals surface area contributed by atoms with E-state index in [4.69, 9.17) is 4.74 Å². The predicted molar refractivity (Wildman–Crippen MR) is 113 cm³/mol. The van der Waals surface area contributed by atoms with Gasteiger partial charge in [0.1, 0.15) is 17.2 Å². The van der Waals surface area contributed by atoms with Crippen molar-refractivity contribution >= 4 is 11.8 Å². The molecule has 0 aliphatic carbocycles. The molecule has 1 aliphatic heterocycles. The second-order valence-corrected chi connectivity index (χ2v) is 7.81. The summed E-state index contributed by atoms with van der Waals surface area (Å²) in [5.74, 6) is -0.00291. The highest BCUT2D eigenvalue weighted by Gasteiger charge is 2.25. The molecule has 2 aromatic rings. The van der Waals surface area contributed by atoms with E-state index in [0.29, 0.717) is 25.9 Å². The van der Waals surface area contributed by atoms with E-state index in [9.17, 15) is 19.8 Å². The third kappa shape index (κ3) is 5.03. The largest absolute Gasteiger partial charge is 0.508 e. The SMILES string of the molecule is Cc1ccc(C)c(OCC(=O)N2CCC(NC(=O)c3cc(O)cc(O)c3)CC2)c1C. The van der Waals surface area contributed by atoms with Gasteiger partial charge in [0, 0.05) is 30.8 Å². The number of rotatable bonds is 5. The molecule has 2 aromatic carbocycles. The van der Waals surface area contributed by atoms with Crippen molar-refractivity contribution in [3.63, 3.8) is 0 Å². The van der Waals surface area contributed by atoms with Crippen molar-refractivity contribution in [3.05, 3.63) is 52.6 Å². The molecule has 1 saturated heterocycles. The quantitative estimate of drug-likeness (QED) is 0.701. The second-order valence-electron chi connectivity index (χ2n) is 7.81. The molecule has 0 bridgehead atoms. The van der Waals surface area contributed by atoms with E-state index in [2.05, 4.69) is 5.32 Å². The molecule has 0 saturated carbocycles. The van der Waals surface area contributed by atoms with Crippen molar-refractivity contribution in [2.75, 3.05) is 19.7 Å². The van der Waals surface area contributed by atoms with Crippen LogP contribution >= 0.6 is 0 Å². The number of phenolic OH excluding ortho intramolecular Hbond substituents is 2. The molecule has 0 aromatic heterocycles. The Morgan fingerprint density at radius 2 is 1.63 bits per heavy atom. The molecule has 30 heavy (non-hydrogen) atoms. The lowest BCUT2D eigenvalue weighted by Gasteiger charge is -2.32. The molecular formula is C23H28N2O5. The summed E-state index contributed by atoms with van der Waals surface area (Å²) in [5, 5.41) is 22.0. The zero-order chi connectivity index (χ0) is 21.8. The summed E-state index contributed by atoms with van der Waals surface area (Å²) in [6.07, 6.45) is 1.26. The molecule has 2 amide bonds. The molecule has 7 nitrogen and oxygen atoms in total. The summed E-state index contributed by atoms with van der Waals surface area (Å²) in [7, 11) is 0. The summed E-state index contributed by atoms with van der Waals surface area (Å²) in [4.78, 5) is 26.7. The molecule has 1 aliphatic rings. The monoisotopic (exact) mass is 412 g/mol. The summed E-state index contributed by atoms with van der Waals surface area (Å²) >= 11 is 0. The van der Waals surface area contributed by atoms with Gasteiger partial charge in [-0.2, -0.15) is 0 Å². The fraction of sp³-hybridized carbons (Fsp3) is 0.391. The van der Waals surface area contributed by atoms with Crippen LogP contribution in [0.3, 0.4) is 0 Å². The highest BCUT2D eigenvalue weighted by molar-refractivity contribution is 5.95. The Morgan fingerprint density at radius 3 is 2.27 bits per heavy atom. The Hall–Kier alpha value is -3.22. The van der Waals surface area contributed by atoms with Gasteiger partial charge in [-0.05, 0) is 62.4 Å². The number of piperidine rings is 1. The zero-order valence-corrected chi connectivity index (χ0v) is 17.6. The first-order valence-electron chi connectivity index (χ1n) is 10.1. The number of benzene rings is 2. The number of aromatic hydroxyl groups is 2. The molecule has 3 rings (SSSR count). The number of carbonyl (C=O) groups is 2. The minimum Gasteiger partial charge on any atom is -0.508 e. The van der Waals surface area contributed by atoms with Crippen LogP contribution in [-0.4, -0.2) is 52.7 Å². The normalized spacial score (nSPS) is 14.4. The van der Waals surface area contributed by atoms with E-state index in [1.165, 1.54) is 18.2 Å². The second kappa shape index (κ2) is 9.07. The maximum atomic E-state index is 12.6. The van der Waals surface area contributed by atoms with Gasteiger partial charge in [0.25, 0.3) is 11.8 Å². The molecular weight excluding hydrogens is 384 g/mol. The predicted octanol–water partition coefficient (Wildman–Crippen LogP) is 2.82. The maximum Gasteiger partial charge on any atom is 0.260 e. The lowest BCUT2D eigenvalue weighted by molar-refractivity contribution is -0.134. The Labute approximate surface area is 176 Å². The molecule has 1 heterocycles. The smallest absolute Gasteiger partial charge is 0.260 e. The fourth-order valence-corrected chi connectivity index (χ4v) is 3.64. The lowest BCUT2D eigenvalue weighted by atomic mass is 10.0. The summed E-state index contributed by atoms with van der Waals surface area (Å²) in [5.41, 5.74) is 3.37. The van der Waals surface area contributed by atoms with E-state index >= 15 is 0 Å². The van der Waals surface area contributed by atoms with Crippen molar-refractivity contribution in [1.29, 1.82) is 0 Å². The van der Waals surface area contributed by atoms with Gasteiger partial charge in [0.15, 0.2) is 6.61 Å². The number of hydrogen-bond donors (Lipinski definition) is 3. The molecule has 0 spiro atoms. The van der Waals surface area contributed by atoms with Crippen LogP contribution in [0.2, 0.25) is 0 Å². The van der Waals surface area contributed by atoms with Crippen LogP contribution in [0, 0.1) is 20.8 Å². The number of aryl methyl sites for hydroxylation is 2.